The molecule has 0 radical (unpaired) electrons. The second-order valence-electron chi connectivity index (χ2n) is 3.62. The molecule has 90 valence electrons. The number of fused-ring (bicyclic) bond motifs is 1. The fourth-order valence-corrected chi connectivity index (χ4v) is 3.12. The fraction of sp³-hybridized carbons (Fsp3) is 0.300. The zero-order chi connectivity index (χ0) is 12.4. The summed E-state index contributed by atoms with van der Waals surface area (Å²) < 4.78 is 0. The quantitative estimate of drug-likeness (QED) is 0.511. The number of rotatable bonds is 4. The molecule has 0 aromatic carbocycles. The summed E-state index contributed by atoms with van der Waals surface area (Å²) >= 11 is 7.82. The van der Waals surface area contributed by atoms with E-state index in [9.17, 15) is 4.79 Å². The van der Waals surface area contributed by atoms with Gasteiger partial charge < -0.3 is 10.7 Å². The number of thiocarbonyl (C=S) groups is 1. The summed E-state index contributed by atoms with van der Waals surface area (Å²) in [6, 6.07) is 1.78. The third-order valence-electron chi connectivity index (χ3n) is 2.27. The van der Waals surface area contributed by atoms with Crippen molar-refractivity contribution in [2.24, 2.45) is 11.7 Å². The lowest BCUT2D eigenvalue weighted by Crippen LogP contribution is -2.20. The monoisotopic (exact) mass is 285 g/mol. The van der Waals surface area contributed by atoms with E-state index in [2.05, 4.69) is 9.97 Å². The van der Waals surface area contributed by atoms with Crippen LogP contribution in [0.25, 0.3) is 10.2 Å². The maximum atomic E-state index is 11.7. The van der Waals surface area contributed by atoms with Gasteiger partial charge in [-0.05, 0) is 11.4 Å². The highest BCUT2D eigenvalue weighted by molar-refractivity contribution is 7.99. The van der Waals surface area contributed by atoms with Crippen LogP contribution in [0.1, 0.15) is 6.92 Å². The predicted molar refractivity (Wildman–Crippen MR) is 76.9 cm³/mol. The van der Waals surface area contributed by atoms with Gasteiger partial charge in [-0.15, -0.1) is 11.3 Å². The second kappa shape index (κ2) is 5.16. The Morgan fingerprint density at radius 1 is 1.76 bits per heavy atom. The van der Waals surface area contributed by atoms with Gasteiger partial charge in [0.25, 0.3) is 5.56 Å². The van der Waals surface area contributed by atoms with Crippen LogP contribution in [-0.4, -0.2) is 20.7 Å². The van der Waals surface area contributed by atoms with E-state index in [4.69, 9.17) is 18.0 Å². The molecule has 2 heterocycles. The van der Waals surface area contributed by atoms with E-state index < -0.39 is 0 Å². The lowest BCUT2D eigenvalue weighted by atomic mass is 10.2. The molecule has 4 nitrogen and oxygen atoms in total. The summed E-state index contributed by atoms with van der Waals surface area (Å²) in [6.07, 6.45) is 0. The molecular weight excluding hydrogens is 274 g/mol. The normalized spacial score (nSPS) is 12.8. The molecule has 0 spiro atoms. The Hall–Kier alpha value is -0.920. The van der Waals surface area contributed by atoms with Crippen molar-refractivity contribution < 1.29 is 0 Å². The number of hydrogen-bond donors (Lipinski definition) is 2. The summed E-state index contributed by atoms with van der Waals surface area (Å²) in [4.78, 5) is 20.1. The molecule has 0 aliphatic rings. The van der Waals surface area contributed by atoms with Gasteiger partial charge in [0.05, 0.1) is 10.4 Å². The van der Waals surface area contributed by atoms with Gasteiger partial charge in [-0.2, -0.15) is 0 Å². The SMILES string of the molecule is CC(CSc1nc2sccc2c(=O)[nH]1)C(N)=S. The van der Waals surface area contributed by atoms with E-state index in [0.717, 1.165) is 10.6 Å². The molecule has 0 aliphatic carbocycles. The van der Waals surface area contributed by atoms with Crippen LogP contribution in [0.4, 0.5) is 0 Å². The topological polar surface area (TPSA) is 71.8 Å². The average molecular weight is 285 g/mol. The minimum atomic E-state index is -0.0956. The number of thiophene rings is 1. The van der Waals surface area contributed by atoms with Gasteiger partial charge >= 0.3 is 0 Å². The van der Waals surface area contributed by atoms with Crippen LogP contribution >= 0.6 is 35.3 Å². The first-order valence-electron chi connectivity index (χ1n) is 4.97. The standard InChI is InChI=1S/C10H11N3OS3/c1-5(7(11)15)4-17-10-12-8(14)6-2-3-16-9(6)13-10/h2-3,5H,4H2,1H3,(H2,11,15)(H,12,13,14). The number of nitrogens with one attached hydrogen (secondary N) is 1. The van der Waals surface area contributed by atoms with Crippen LogP contribution in [0.5, 0.6) is 0 Å². The van der Waals surface area contributed by atoms with Crippen molar-refractivity contribution in [2.75, 3.05) is 5.75 Å². The third kappa shape index (κ3) is 2.85. The Kier molecular flexibility index (Phi) is 3.80. The first-order valence-corrected chi connectivity index (χ1v) is 7.25. The van der Waals surface area contributed by atoms with Crippen LogP contribution in [-0.2, 0) is 0 Å². The lowest BCUT2D eigenvalue weighted by molar-refractivity contribution is 0.895. The Morgan fingerprint density at radius 3 is 3.24 bits per heavy atom. The van der Waals surface area contributed by atoms with Gasteiger partial charge in [0.2, 0.25) is 0 Å². The minimum absolute atomic E-state index is 0.0956. The molecule has 0 saturated carbocycles. The Bertz CT molecular complexity index is 604. The van der Waals surface area contributed by atoms with Gasteiger partial charge in [0, 0.05) is 11.7 Å². The van der Waals surface area contributed by atoms with Crippen molar-refractivity contribution in [3.8, 4) is 0 Å². The minimum Gasteiger partial charge on any atom is -0.393 e. The molecule has 2 aromatic heterocycles. The Morgan fingerprint density at radius 2 is 2.53 bits per heavy atom. The van der Waals surface area contributed by atoms with E-state index in [1.807, 2.05) is 12.3 Å². The molecule has 0 saturated heterocycles. The highest BCUT2D eigenvalue weighted by Gasteiger charge is 2.09. The fourth-order valence-electron chi connectivity index (χ4n) is 1.20. The molecule has 7 heteroatoms. The van der Waals surface area contributed by atoms with Crippen molar-refractivity contribution in [2.45, 2.75) is 12.1 Å². The molecule has 17 heavy (non-hydrogen) atoms. The van der Waals surface area contributed by atoms with Crippen molar-refractivity contribution in [1.82, 2.24) is 9.97 Å². The largest absolute Gasteiger partial charge is 0.393 e. The molecule has 0 fully saturated rings. The van der Waals surface area contributed by atoms with Crippen LogP contribution < -0.4 is 11.3 Å². The first-order chi connectivity index (χ1) is 8.08. The van der Waals surface area contributed by atoms with Gasteiger partial charge in [0.1, 0.15) is 4.83 Å². The maximum Gasteiger partial charge on any atom is 0.260 e. The summed E-state index contributed by atoms with van der Waals surface area (Å²) in [5.41, 5.74) is 5.44. The van der Waals surface area contributed by atoms with Crippen molar-refractivity contribution >= 4 is 50.5 Å². The number of aromatic nitrogens is 2. The summed E-state index contributed by atoms with van der Waals surface area (Å²) in [7, 11) is 0. The number of nitrogens with two attached hydrogens (primary N) is 1. The van der Waals surface area contributed by atoms with Crippen molar-refractivity contribution in [1.29, 1.82) is 0 Å². The van der Waals surface area contributed by atoms with Crippen LogP contribution in [0.2, 0.25) is 0 Å². The molecule has 2 aromatic rings. The molecular formula is C10H11N3OS3. The summed E-state index contributed by atoms with van der Waals surface area (Å²) in [5, 5.41) is 3.12. The maximum absolute atomic E-state index is 11.7. The second-order valence-corrected chi connectivity index (χ2v) is 6.00. The van der Waals surface area contributed by atoms with E-state index >= 15 is 0 Å². The van der Waals surface area contributed by atoms with Crippen LogP contribution in [0, 0.1) is 5.92 Å². The summed E-state index contributed by atoms with van der Waals surface area (Å²) in [6.45, 7) is 1.96. The van der Waals surface area contributed by atoms with Gasteiger partial charge in [-0.3, -0.25) is 4.79 Å². The number of aromatic amines is 1. The van der Waals surface area contributed by atoms with Crippen LogP contribution in [0.3, 0.4) is 0 Å². The lowest BCUT2D eigenvalue weighted by Gasteiger charge is -2.07. The third-order valence-corrected chi connectivity index (χ3v) is 4.61. The van der Waals surface area contributed by atoms with E-state index in [1.165, 1.54) is 23.1 Å². The highest BCUT2D eigenvalue weighted by atomic mass is 32.2. The smallest absolute Gasteiger partial charge is 0.260 e. The molecule has 1 atom stereocenters. The molecule has 0 aliphatic heterocycles. The van der Waals surface area contributed by atoms with E-state index in [1.54, 1.807) is 6.07 Å². The number of hydrogen-bond acceptors (Lipinski definition) is 5. The van der Waals surface area contributed by atoms with Crippen molar-refractivity contribution in [3.63, 3.8) is 0 Å². The van der Waals surface area contributed by atoms with Gasteiger partial charge in [0.15, 0.2) is 5.16 Å². The molecule has 0 bridgehead atoms. The van der Waals surface area contributed by atoms with E-state index in [0.29, 0.717) is 15.5 Å². The highest BCUT2D eigenvalue weighted by Crippen LogP contribution is 2.20. The van der Waals surface area contributed by atoms with Crippen LogP contribution in [0.15, 0.2) is 21.4 Å². The average Bonchev–Trinajstić information content (AvgIpc) is 2.74. The zero-order valence-electron chi connectivity index (χ0n) is 9.10. The Balaban J connectivity index is 2.19. The molecule has 2 rings (SSSR count). The van der Waals surface area contributed by atoms with Gasteiger partial charge in [-0.25, -0.2) is 4.98 Å². The predicted octanol–water partition coefficient (Wildman–Crippen LogP) is 2.00. The Labute approximate surface area is 112 Å². The van der Waals surface area contributed by atoms with Gasteiger partial charge in [-0.1, -0.05) is 30.9 Å². The first kappa shape index (κ1) is 12.5. The molecule has 3 N–H and O–H groups in total. The van der Waals surface area contributed by atoms with E-state index in [-0.39, 0.29) is 11.5 Å². The number of thioether (sulfide) groups is 1. The zero-order valence-corrected chi connectivity index (χ0v) is 11.5. The molecule has 0 amide bonds. The number of nitrogens with zero attached hydrogens (tertiary/aromatic N) is 1. The molecule has 1 unspecified atom stereocenters. The summed E-state index contributed by atoms with van der Waals surface area (Å²) in [5.74, 6) is 0.842. The van der Waals surface area contributed by atoms with Crippen molar-refractivity contribution in [3.05, 3.63) is 21.8 Å². The number of H-pyrrole nitrogens is 1.